The number of benzene rings is 1. The van der Waals surface area contributed by atoms with Crippen molar-refractivity contribution in [1.82, 2.24) is 24.8 Å². The van der Waals surface area contributed by atoms with Crippen LogP contribution < -0.4 is 10.1 Å². The van der Waals surface area contributed by atoms with Gasteiger partial charge in [0.15, 0.2) is 5.82 Å². The number of nitrogens with one attached hydrogen (secondary N) is 1. The fourth-order valence-corrected chi connectivity index (χ4v) is 4.51. The van der Waals surface area contributed by atoms with Crippen LogP contribution in [-0.2, 0) is 11.6 Å². The quantitative estimate of drug-likeness (QED) is 0.208. The van der Waals surface area contributed by atoms with Gasteiger partial charge in [-0.25, -0.2) is 15.0 Å². The Balaban J connectivity index is 1.61. The molecule has 0 saturated carbocycles. The molecule has 1 aromatic carbocycles. The second kappa shape index (κ2) is 12.2. The molecule has 4 rings (SSSR count). The molecule has 212 valence electrons. The minimum absolute atomic E-state index is 0.118. The van der Waals surface area contributed by atoms with E-state index in [4.69, 9.17) is 4.74 Å². The second-order valence-corrected chi connectivity index (χ2v) is 10.5. The van der Waals surface area contributed by atoms with Crippen molar-refractivity contribution in [3.8, 4) is 17.0 Å². The standard InChI is InChI=1S/C30H35F3N6O/c1-6-39(7-2)14-9-15-40-25-17-21(11-12-22(25)29(3,4)5)38-28-27-24(36-19-37-28)16-20(18-35-27)26-23(30(31,32)33)10-8-13-34-26/h8,10-13,16-19H,6-7,9,14-15H2,1-5H3,(H,36,37,38). The number of ether oxygens (including phenoxy) is 1. The molecule has 0 unspecified atom stereocenters. The summed E-state index contributed by atoms with van der Waals surface area (Å²) in [6, 6.07) is 9.75. The van der Waals surface area contributed by atoms with E-state index in [0.717, 1.165) is 49.1 Å². The van der Waals surface area contributed by atoms with Gasteiger partial charge in [0.25, 0.3) is 0 Å². The summed E-state index contributed by atoms with van der Waals surface area (Å²) in [7, 11) is 0. The molecule has 0 radical (unpaired) electrons. The van der Waals surface area contributed by atoms with Gasteiger partial charge in [0, 0.05) is 36.3 Å². The minimum Gasteiger partial charge on any atom is -0.493 e. The number of halogens is 3. The van der Waals surface area contributed by atoms with Crippen LogP contribution in [0, 0.1) is 0 Å². The Hall–Kier alpha value is -3.79. The van der Waals surface area contributed by atoms with Gasteiger partial charge in [-0.1, -0.05) is 40.7 Å². The van der Waals surface area contributed by atoms with Crippen molar-refractivity contribution < 1.29 is 17.9 Å². The first-order chi connectivity index (χ1) is 19.0. The van der Waals surface area contributed by atoms with E-state index in [2.05, 4.69) is 64.8 Å². The highest BCUT2D eigenvalue weighted by Gasteiger charge is 2.34. The molecule has 0 aliphatic rings. The lowest BCUT2D eigenvalue weighted by atomic mass is 9.86. The molecule has 40 heavy (non-hydrogen) atoms. The van der Waals surface area contributed by atoms with Crippen molar-refractivity contribution in [2.45, 2.75) is 52.6 Å². The third-order valence-electron chi connectivity index (χ3n) is 6.69. The Morgan fingerprint density at radius 3 is 2.40 bits per heavy atom. The number of hydrogen-bond donors (Lipinski definition) is 1. The molecule has 0 spiro atoms. The third-order valence-corrected chi connectivity index (χ3v) is 6.69. The Bertz CT molecular complexity index is 1450. The average molecular weight is 553 g/mol. The molecule has 0 saturated heterocycles. The lowest BCUT2D eigenvalue weighted by molar-refractivity contribution is -0.137. The fraction of sp³-hybridized carbons (Fsp3) is 0.400. The summed E-state index contributed by atoms with van der Waals surface area (Å²) in [5.74, 6) is 1.23. The zero-order valence-electron chi connectivity index (χ0n) is 23.5. The van der Waals surface area contributed by atoms with Crippen molar-refractivity contribution in [1.29, 1.82) is 0 Å². The largest absolute Gasteiger partial charge is 0.493 e. The molecule has 3 heterocycles. The maximum absolute atomic E-state index is 13.5. The average Bonchev–Trinajstić information content (AvgIpc) is 2.92. The molecular formula is C30H35F3N6O. The minimum atomic E-state index is -4.54. The Labute approximate surface area is 232 Å². The van der Waals surface area contributed by atoms with Crippen LogP contribution in [0.15, 0.2) is 55.1 Å². The van der Waals surface area contributed by atoms with Gasteiger partial charge < -0.3 is 15.0 Å². The zero-order chi connectivity index (χ0) is 28.9. The van der Waals surface area contributed by atoms with Gasteiger partial charge in [0.05, 0.1) is 23.4 Å². The van der Waals surface area contributed by atoms with Gasteiger partial charge in [-0.2, -0.15) is 13.2 Å². The number of rotatable bonds is 10. The van der Waals surface area contributed by atoms with Crippen LogP contribution >= 0.6 is 0 Å². The van der Waals surface area contributed by atoms with Crippen molar-refractivity contribution in [2.24, 2.45) is 0 Å². The van der Waals surface area contributed by atoms with Crippen LogP contribution in [0.4, 0.5) is 24.7 Å². The van der Waals surface area contributed by atoms with Gasteiger partial charge in [0.2, 0.25) is 0 Å². The summed E-state index contributed by atoms with van der Waals surface area (Å²) in [6.07, 6.45) is 0.417. The number of nitrogens with zero attached hydrogens (tertiary/aromatic N) is 5. The van der Waals surface area contributed by atoms with Gasteiger partial charge in [0.1, 0.15) is 17.6 Å². The van der Waals surface area contributed by atoms with E-state index in [-0.39, 0.29) is 16.7 Å². The van der Waals surface area contributed by atoms with E-state index in [0.29, 0.717) is 23.5 Å². The van der Waals surface area contributed by atoms with Gasteiger partial charge in [-0.3, -0.25) is 4.98 Å². The molecule has 1 N–H and O–H groups in total. The van der Waals surface area contributed by atoms with Gasteiger partial charge in [-0.15, -0.1) is 0 Å². The highest BCUT2D eigenvalue weighted by molar-refractivity contribution is 5.89. The van der Waals surface area contributed by atoms with Crippen LogP contribution in [0.1, 0.15) is 52.2 Å². The number of pyridine rings is 2. The highest BCUT2D eigenvalue weighted by Crippen LogP contribution is 2.37. The third kappa shape index (κ3) is 6.85. The maximum Gasteiger partial charge on any atom is 0.418 e. The SMILES string of the molecule is CCN(CC)CCCOc1cc(Nc2ncnc3cc(-c4ncccc4C(F)(F)F)cnc23)ccc1C(C)(C)C. The smallest absolute Gasteiger partial charge is 0.418 e. The number of alkyl halides is 3. The van der Waals surface area contributed by atoms with Crippen LogP contribution in [-0.4, -0.2) is 51.1 Å². The van der Waals surface area contributed by atoms with Crippen molar-refractivity contribution in [3.63, 3.8) is 0 Å². The zero-order valence-corrected chi connectivity index (χ0v) is 23.5. The first-order valence-corrected chi connectivity index (χ1v) is 13.4. The van der Waals surface area contributed by atoms with E-state index in [9.17, 15) is 13.2 Å². The Morgan fingerprint density at radius 1 is 0.925 bits per heavy atom. The van der Waals surface area contributed by atoms with E-state index in [1.54, 1.807) is 6.07 Å². The van der Waals surface area contributed by atoms with Crippen LogP contribution in [0.2, 0.25) is 0 Å². The monoisotopic (exact) mass is 552 g/mol. The lowest BCUT2D eigenvalue weighted by Gasteiger charge is -2.24. The van der Waals surface area contributed by atoms with Crippen LogP contribution in [0.25, 0.3) is 22.3 Å². The van der Waals surface area contributed by atoms with Crippen LogP contribution in [0.3, 0.4) is 0 Å². The van der Waals surface area contributed by atoms with E-state index < -0.39 is 11.7 Å². The van der Waals surface area contributed by atoms with Crippen molar-refractivity contribution in [2.75, 3.05) is 31.6 Å². The normalized spacial score (nSPS) is 12.2. The second-order valence-electron chi connectivity index (χ2n) is 10.5. The topological polar surface area (TPSA) is 76.1 Å². The summed E-state index contributed by atoms with van der Waals surface area (Å²) >= 11 is 0. The van der Waals surface area contributed by atoms with E-state index in [1.165, 1.54) is 24.8 Å². The molecule has 0 atom stereocenters. The summed E-state index contributed by atoms with van der Waals surface area (Å²) in [5.41, 5.74) is 1.75. The molecule has 0 aliphatic heterocycles. The molecule has 0 aliphatic carbocycles. The molecule has 0 amide bonds. The molecular weight excluding hydrogens is 517 g/mol. The van der Waals surface area contributed by atoms with E-state index >= 15 is 0 Å². The van der Waals surface area contributed by atoms with Crippen molar-refractivity contribution >= 4 is 22.5 Å². The molecule has 3 aromatic heterocycles. The Kier molecular flexibility index (Phi) is 8.88. The molecule has 0 bridgehead atoms. The molecule has 0 fully saturated rings. The number of fused-ring (bicyclic) bond motifs is 1. The number of hydrogen-bond acceptors (Lipinski definition) is 7. The lowest BCUT2D eigenvalue weighted by Crippen LogP contribution is -2.25. The summed E-state index contributed by atoms with van der Waals surface area (Å²) in [5, 5.41) is 3.29. The van der Waals surface area contributed by atoms with Crippen LogP contribution in [0.5, 0.6) is 5.75 Å². The highest BCUT2D eigenvalue weighted by atomic mass is 19.4. The first kappa shape index (κ1) is 29.2. The molecule has 10 heteroatoms. The predicted octanol–water partition coefficient (Wildman–Crippen LogP) is 7.26. The molecule has 7 nitrogen and oxygen atoms in total. The predicted molar refractivity (Wildman–Crippen MR) is 152 cm³/mol. The summed E-state index contributed by atoms with van der Waals surface area (Å²) in [6.45, 7) is 14.3. The number of aromatic nitrogens is 4. The van der Waals surface area contributed by atoms with E-state index in [1.807, 2.05) is 18.2 Å². The number of anilines is 2. The Morgan fingerprint density at radius 2 is 1.70 bits per heavy atom. The maximum atomic E-state index is 13.5. The van der Waals surface area contributed by atoms with Gasteiger partial charge in [-0.05, 0) is 54.8 Å². The summed E-state index contributed by atoms with van der Waals surface area (Å²) in [4.78, 5) is 19.3. The fourth-order valence-electron chi connectivity index (χ4n) is 4.51. The van der Waals surface area contributed by atoms with Gasteiger partial charge >= 0.3 is 6.18 Å². The molecule has 4 aromatic rings. The summed E-state index contributed by atoms with van der Waals surface area (Å²) < 4.78 is 46.9. The van der Waals surface area contributed by atoms with Crippen molar-refractivity contribution in [3.05, 3.63) is 66.2 Å². The first-order valence-electron chi connectivity index (χ1n) is 13.4.